The van der Waals surface area contributed by atoms with Crippen molar-refractivity contribution in [3.8, 4) is 11.1 Å². The number of carbonyl (C=O) groups is 1. The first kappa shape index (κ1) is 19.3. The van der Waals surface area contributed by atoms with Crippen LogP contribution in [0, 0.1) is 5.41 Å². The third-order valence-electron chi connectivity index (χ3n) is 3.85. The van der Waals surface area contributed by atoms with Crippen LogP contribution in [-0.2, 0) is 10.8 Å². The number of nitrogens with two attached hydrogens (primary N) is 2. The average Bonchev–Trinajstić information content (AvgIpc) is 3.12. The smallest absolute Gasteiger partial charge is 0.248 e. The van der Waals surface area contributed by atoms with Crippen molar-refractivity contribution in [3.63, 3.8) is 0 Å². The maximum atomic E-state index is 13.1. The van der Waals surface area contributed by atoms with Gasteiger partial charge in [-0.3, -0.25) is 10.2 Å². The monoisotopic (exact) mass is 415 g/mol. The van der Waals surface area contributed by atoms with E-state index in [-0.39, 0.29) is 5.84 Å². The summed E-state index contributed by atoms with van der Waals surface area (Å²) in [6.07, 6.45) is 1.90. The van der Waals surface area contributed by atoms with Gasteiger partial charge in [-0.25, -0.2) is 4.21 Å². The number of rotatable bonds is 6. The van der Waals surface area contributed by atoms with Gasteiger partial charge in [-0.05, 0) is 47.7 Å². The SMILES string of the molecule is CSc1sc(C(=N)N)cc1S(=O)c1cccc(-c2cccc(C(N)=O)c2)c1. The quantitative estimate of drug-likeness (QED) is 0.324. The number of hydrogen-bond donors (Lipinski definition) is 3. The summed E-state index contributed by atoms with van der Waals surface area (Å²) >= 11 is 2.85. The molecule has 5 N–H and O–H groups in total. The van der Waals surface area contributed by atoms with Crippen molar-refractivity contribution in [2.75, 3.05) is 6.26 Å². The van der Waals surface area contributed by atoms with Crippen molar-refractivity contribution in [2.45, 2.75) is 14.0 Å². The van der Waals surface area contributed by atoms with E-state index in [4.69, 9.17) is 16.9 Å². The van der Waals surface area contributed by atoms with Crippen molar-refractivity contribution >= 4 is 45.6 Å². The molecule has 1 amide bonds. The number of nitrogen functional groups attached to an aromatic ring is 1. The van der Waals surface area contributed by atoms with Crippen molar-refractivity contribution in [3.05, 3.63) is 65.0 Å². The van der Waals surface area contributed by atoms with E-state index in [1.807, 2.05) is 30.5 Å². The Hall–Kier alpha value is -2.42. The number of primary amides is 1. The predicted molar refractivity (Wildman–Crippen MR) is 112 cm³/mol. The molecule has 0 saturated carbocycles. The van der Waals surface area contributed by atoms with Gasteiger partial charge < -0.3 is 11.5 Å². The molecule has 0 spiro atoms. The minimum Gasteiger partial charge on any atom is -0.383 e. The average molecular weight is 416 g/mol. The van der Waals surface area contributed by atoms with E-state index in [1.54, 1.807) is 30.3 Å². The molecule has 27 heavy (non-hydrogen) atoms. The fraction of sp³-hybridized carbons (Fsp3) is 0.0526. The molecular weight excluding hydrogens is 398 g/mol. The molecule has 5 nitrogen and oxygen atoms in total. The molecule has 0 aliphatic carbocycles. The zero-order chi connectivity index (χ0) is 19.6. The molecular formula is C19H17N3O2S3. The second kappa shape index (κ2) is 8.08. The summed E-state index contributed by atoms with van der Waals surface area (Å²) in [5.74, 6) is -0.521. The Bertz CT molecular complexity index is 1060. The van der Waals surface area contributed by atoms with E-state index < -0.39 is 16.7 Å². The molecule has 1 heterocycles. The van der Waals surface area contributed by atoms with Gasteiger partial charge in [0.2, 0.25) is 5.91 Å². The van der Waals surface area contributed by atoms with Crippen LogP contribution in [0.5, 0.6) is 0 Å². The molecule has 2 aromatic carbocycles. The van der Waals surface area contributed by atoms with Crippen LogP contribution in [0.25, 0.3) is 11.1 Å². The van der Waals surface area contributed by atoms with E-state index in [0.717, 1.165) is 15.3 Å². The number of nitrogens with one attached hydrogen (secondary N) is 1. The predicted octanol–water partition coefficient (Wildman–Crippen LogP) is 3.69. The van der Waals surface area contributed by atoms with E-state index in [2.05, 4.69) is 0 Å². The molecule has 1 aromatic heterocycles. The zero-order valence-electron chi connectivity index (χ0n) is 14.4. The highest BCUT2D eigenvalue weighted by atomic mass is 32.2. The van der Waals surface area contributed by atoms with Crippen LogP contribution in [0.15, 0.2) is 68.6 Å². The minimum absolute atomic E-state index is 0.0319. The van der Waals surface area contributed by atoms with Crippen molar-refractivity contribution < 1.29 is 9.00 Å². The molecule has 0 aliphatic rings. The Balaban J connectivity index is 2.01. The van der Waals surface area contributed by atoms with Gasteiger partial charge in [0.25, 0.3) is 0 Å². The van der Waals surface area contributed by atoms with Crippen molar-refractivity contribution in [1.82, 2.24) is 0 Å². The number of carbonyl (C=O) groups excluding carboxylic acids is 1. The lowest BCUT2D eigenvalue weighted by Crippen LogP contribution is -2.10. The molecule has 0 aliphatic heterocycles. The second-order valence-corrected chi connectivity index (χ2v) is 9.20. The Labute approximate surface area is 167 Å². The second-order valence-electron chi connectivity index (χ2n) is 5.62. The van der Waals surface area contributed by atoms with Gasteiger partial charge in [0, 0.05) is 10.5 Å². The van der Waals surface area contributed by atoms with Crippen molar-refractivity contribution in [1.29, 1.82) is 5.41 Å². The third-order valence-corrected chi connectivity index (χ3v) is 7.81. The summed E-state index contributed by atoms with van der Waals surface area (Å²) in [5, 5.41) is 7.61. The van der Waals surface area contributed by atoms with E-state index in [0.29, 0.717) is 20.2 Å². The first-order valence-corrected chi connectivity index (χ1v) is 11.0. The minimum atomic E-state index is -1.41. The van der Waals surface area contributed by atoms with Gasteiger partial charge in [-0.2, -0.15) is 0 Å². The molecule has 8 heteroatoms. The first-order chi connectivity index (χ1) is 12.9. The summed E-state index contributed by atoms with van der Waals surface area (Å²) < 4.78 is 14.0. The summed E-state index contributed by atoms with van der Waals surface area (Å²) in [4.78, 5) is 13.3. The van der Waals surface area contributed by atoms with Crippen LogP contribution >= 0.6 is 23.1 Å². The largest absolute Gasteiger partial charge is 0.383 e. The highest BCUT2D eigenvalue weighted by Crippen LogP contribution is 2.35. The zero-order valence-corrected chi connectivity index (χ0v) is 16.8. The molecule has 0 fully saturated rings. The van der Waals surface area contributed by atoms with Gasteiger partial charge in [0.15, 0.2) is 0 Å². The lowest BCUT2D eigenvalue weighted by atomic mass is 10.0. The summed E-state index contributed by atoms with van der Waals surface area (Å²) in [7, 11) is -1.41. The Kier molecular flexibility index (Phi) is 5.79. The van der Waals surface area contributed by atoms with E-state index in [9.17, 15) is 9.00 Å². The van der Waals surface area contributed by atoms with Crippen LogP contribution in [0.3, 0.4) is 0 Å². The molecule has 1 unspecified atom stereocenters. The fourth-order valence-corrected chi connectivity index (χ4v) is 6.01. The van der Waals surface area contributed by atoms with E-state index in [1.165, 1.54) is 23.1 Å². The molecule has 1 atom stereocenters. The Morgan fingerprint density at radius 2 is 1.74 bits per heavy atom. The van der Waals surface area contributed by atoms with Crippen LogP contribution in [-0.4, -0.2) is 22.2 Å². The van der Waals surface area contributed by atoms with Gasteiger partial charge in [-0.1, -0.05) is 24.3 Å². The highest BCUT2D eigenvalue weighted by molar-refractivity contribution is 8.01. The number of thiophene rings is 1. The van der Waals surface area contributed by atoms with E-state index >= 15 is 0 Å². The van der Waals surface area contributed by atoms with Crippen LogP contribution in [0.2, 0.25) is 0 Å². The number of benzene rings is 2. The topological polar surface area (TPSA) is 110 Å². The molecule has 138 valence electrons. The number of hydrogen-bond acceptors (Lipinski definition) is 5. The molecule has 3 rings (SSSR count). The normalized spacial score (nSPS) is 11.9. The molecule has 3 aromatic rings. The lowest BCUT2D eigenvalue weighted by molar-refractivity contribution is 0.100. The summed E-state index contributed by atoms with van der Waals surface area (Å²) in [6.45, 7) is 0. The Morgan fingerprint density at radius 3 is 2.37 bits per heavy atom. The third kappa shape index (κ3) is 4.13. The number of amides is 1. The van der Waals surface area contributed by atoms with Gasteiger partial charge >= 0.3 is 0 Å². The highest BCUT2D eigenvalue weighted by Gasteiger charge is 2.18. The molecule has 0 saturated heterocycles. The molecule has 0 bridgehead atoms. The first-order valence-electron chi connectivity index (χ1n) is 7.85. The lowest BCUT2D eigenvalue weighted by Gasteiger charge is -2.07. The van der Waals surface area contributed by atoms with Gasteiger partial charge in [0.05, 0.1) is 24.8 Å². The van der Waals surface area contributed by atoms with Gasteiger partial charge in [-0.15, -0.1) is 23.1 Å². The van der Waals surface area contributed by atoms with Crippen molar-refractivity contribution in [2.24, 2.45) is 11.5 Å². The standard InChI is InChI=1S/C19H17N3O2S3/c1-25-19-16(10-15(26-19)17(20)21)27(24)14-7-3-5-12(9-14)11-4-2-6-13(8-11)18(22)23/h2-10H,1H3,(H3,20,21)(H2,22,23). The molecule has 0 radical (unpaired) electrons. The summed E-state index contributed by atoms with van der Waals surface area (Å²) in [6, 6.07) is 16.1. The maximum Gasteiger partial charge on any atom is 0.248 e. The number of amidine groups is 1. The van der Waals surface area contributed by atoms with Crippen LogP contribution in [0.1, 0.15) is 15.2 Å². The Morgan fingerprint density at radius 1 is 1.07 bits per heavy atom. The van der Waals surface area contributed by atoms with Gasteiger partial charge in [0.1, 0.15) is 5.84 Å². The van der Waals surface area contributed by atoms with Crippen LogP contribution < -0.4 is 11.5 Å². The fourth-order valence-electron chi connectivity index (χ4n) is 2.53. The maximum absolute atomic E-state index is 13.1. The summed E-state index contributed by atoms with van der Waals surface area (Å²) in [5.41, 5.74) is 13.0. The number of thioether (sulfide) groups is 1. The van der Waals surface area contributed by atoms with Crippen LogP contribution in [0.4, 0.5) is 0 Å².